The van der Waals surface area contributed by atoms with Crippen LogP contribution in [-0.4, -0.2) is 28.2 Å². The molecule has 0 N–H and O–H groups in total. The van der Waals surface area contributed by atoms with Gasteiger partial charge < -0.3 is 4.90 Å². The Morgan fingerprint density at radius 1 is 1.03 bits per heavy atom. The van der Waals surface area contributed by atoms with Crippen LogP contribution >= 0.6 is 24.0 Å². The quantitative estimate of drug-likeness (QED) is 0.380. The number of hydrogen-bond donors (Lipinski definition) is 0. The summed E-state index contributed by atoms with van der Waals surface area (Å²) in [5.74, 6) is -0.0128. The smallest absolute Gasteiger partial charge is 0.265 e. The number of benzene rings is 2. The zero-order chi connectivity index (χ0) is 21.8. The molecule has 160 valence electrons. The van der Waals surface area contributed by atoms with Crippen molar-refractivity contribution in [1.29, 1.82) is 0 Å². The van der Waals surface area contributed by atoms with Crippen LogP contribution in [0, 0.1) is 0 Å². The van der Waals surface area contributed by atoms with Crippen LogP contribution in [0.5, 0.6) is 0 Å². The van der Waals surface area contributed by atoms with E-state index in [1.165, 1.54) is 66.4 Å². The normalized spacial score (nSPS) is 22.1. The van der Waals surface area contributed by atoms with E-state index in [-0.39, 0.29) is 11.3 Å². The van der Waals surface area contributed by atoms with Crippen LogP contribution in [0.1, 0.15) is 62.6 Å². The van der Waals surface area contributed by atoms with Crippen molar-refractivity contribution in [3.63, 3.8) is 0 Å². The van der Waals surface area contributed by atoms with Gasteiger partial charge in [0, 0.05) is 29.9 Å². The molecule has 0 bridgehead atoms. The van der Waals surface area contributed by atoms with Gasteiger partial charge in [0.15, 0.2) is 0 Å². The molecule has 1 amide bonds. The number of carbonyl (C=O) groups is 1. The Labute approximate surface area is 194 Å². The van der Waals surface area contributed by atoms with Crippen LogP contribution in [0.25, 0.3) is 6.08 Å². The van der Waals surface area contributed by atoms with Gasteiger partial charge in [0.25, 0.3) is 5.91 Å². The molecule has 1 aliphatic carbocycles. The molecule has 0 spiro atoms. The van der Waals surface area contributed by atoms with E-state index < -0.39 is 0 Å². The number of rotatable bonds is 2. The first-order valence-corrected chi connectivity index (χ1v) is 12.4. The summed E-state index contributed by atoms with van der Waals surface area (Å²) in [5.41, 5.74) is 6.33. The second-order valence-electron chi connectivity index (χ2n) is 9.32. The van der Waals surface area contributed by atoms with Gasteiger partial charge in [-0.15, -0.1) is 0 Å². The van der Waals surface area contributed by atoms with Crippen molar-refractivity contribution in [3.05, 3.63) is 64.1 Å². The van der Waals surface area contributed by atoms with Gasteiger partial charge in [0.2, 0.25) is 0 Å². The number of hydrogen-bond acceptors (Lipinski definition) is 4. The van der Waals surface area contributed by atoms with Crippen molar-refractivity contribution in [2.45, 2.75) is 57.4 Å². The SMILES string of the molecule is CN1C(=O)/C(=C\c2ccc3c(c2)C(C)(C)c2ccccc2N3C2CCCCC2)SC1=S. The van der Waals surface area contributed by atoms with E-state index in [0.717, 1.165) is 5.56 Å². The van der Waals surface area contributed by atoms with Crippen LogP contribution in [0.4, 0.5) is 11.4 Å². The largest absolute Gasteiger partial charge is 0.338 e. The van der Waals surface area contributed by atoms with Gasteiger partial charge in [-0.3, -0.25) is 9.69 Å². The van der Waals surface area contributed by atoms with E-state index in [4.69, 9.17) is 12.2 Å². The molecule has 0 unspecified atom stereocenters. The standard InChI is InChI=1S/C26H28N2OS2/c1-26(2)19-11-7-8-12-21(19)28(18-9-5-4-6-10-18)22-14-13-17(15-20(22)26)16-23-24(29)27(3)25(30)31-23/h7-8,11-16,18H,4-6,9-10H2,1-3H3/b23-16+. The average Bonchev–Trinajstić information content (AvgIpc) is 3.02. The molecule has 2 aromatic rings. The fourth-order valence-electron chi connectivity index (χ4n) is 5.27. The zero-order valence-electron chi connectivity index (χ0n) is 18.4. The maximum absolute atomic E-state index is 12.5. The van der Waals surface area contributed by atoms with Crippen molar-refractivity contribution in [1.82, 2.24) is 4.90 Å². The highest BCUT2D eigenvalue weighted by Crippen LogP contribution is 2.51. The first kappa shape index (κ1) is 20.8. The predicted octanol–water partition coefficient (Wildman–Crippen LogP) is 6.63. The highest BCUT2D eigenvalue weighted by atomic mass is 32.2. The fraction of sp³-hybridized carbons (Fsp3) is 0.385. The number of fused-ring (bicyclic) bond motifs is 2. The van der Waals surface area contributed by atoms with Crippen molar-refractivity contribution >= 4 is 51.7 Å². The molecule has 2 fully saturated rings. The molecule has 0 radical (unpaired) electrons. The number of anilines is 2. The number of carbonyl (C=O) groups excluding carboxylic acids is 1. The van der Waals surface area contributed by atoms with Crippen LogP contribution in [0.15, 0.2) is 47.4 Å². The van der Waals surface area contributed by atoms with E-state index >= 15 is 0 Å². The lowest BCUT2D eigenvalue weighted by Gasteiger charge is -2.46. The van der Waals surface area contributed by atoms with Gasteiger partial charge in [-0.1, -0.05) is 81.4 Å². The Morgan fingerprint density at radius 3 is 2.45 bits per heavy atom. The van der Waals surface area contributed by atoms with Crippen LogP contribution < -0.4 is 4.90 Å². The van der Waals surface area contributed by atoms with E-state index in [9.17, 15) is 4.79 Å². The Kier molecular flexibility index (Phi) is 5.22. The Morgan fingerprint density at radius 2 is 1.74 bits per heavy atom. The highest BCUT2D eigenvalue weighted by Gasteiger charge is 2.39. The summed E-state index contributed by atoms with van der Waals surface area (Å²) in [4.78, 5) is 17.4. The van der Waals surface area contributed by atoms with Gasteiger partial charge in [-0.2, -0.15) is 0 Å². The van der Waals surface area contributed by atoms with E-state index in [0.29, 0.717) is 15.3 Å². The molecular weight excluding hydrogens is 420 g/mol. The second-order valence-corrected chi connectivity index (χ2v) is 11.0. The summed E-state index contributed by atoms with van der Waals surface area (Å²) in [5, 5.41) is 0. The Hall–Kier alpha value is -2.11. The highest BCUT2D eigenvalue weighted by molar-refractivity contribution is 8.26. The molecule has 5 rings (SSSR count). The summed E-state index contributed by atoms with van der Waals surface area (Å²) in [6.07, 6.45) is 8.44. The number of thioether (sulfide) groups is 1. The lowest BCUT2D eigenvalue weighted by atomic mass is 9.72. The molecule has 2 aromatic carbocycles. The van der Waals surface area contributed by atoms with Gasteiger partial charge in [0.05, 0.1) is 4.91 Å². The minimum atomic E-state index is -0.107. The van der Waals surface area contributed by atoms with Gasteiger partial charge in [0.1, 0.15) is 4.32 Å². The van der Waals surface area contributed by atoms with Crippen LogP contribution in [-0.2, 0) is 10.2 Å². The minimum absolute atomic E-state index is 0.0128. The third kappa shape index (κ3) is 3.42. The monoisotopic (exact) mass is 448 g/mol. The molecule has 3 nitrogen and oxygen atoms in total. The second kappa shape index (κ2) is 7.79. The number of likely N-dealkylation sites (N-methyl/N-ethyl adjacent to an activating group) is 1. The van der Waals surface area contributed by atoms with Crippen LogP contribution in [0.2, 0.25) is 0 Å². The fourth-order valence-corrected chi connectivity index (χ4v) is 6.45. The van der Waals surface area contributed by atoms with Crippen molar-refractivity contribution in [2.75, 3.05) is 11.9 Å². The molecule has 2 aliphatic heterocycles. The molecule has 5 heteroatoms. The van der Waals surface area contributed by atoms with Gasteiger partial charge in [-0.05, 0) is 53.8 Å². The molecule has 1 saturated heterocycles. The minimum Gasteiger partial charge on any atom is -0.338 e. The number of nitrogens with zero attached hydrogens (tertiary/aromatic N) is 2. The van der Waals surface area contributed by atoms with E-state index in [2.05, 4.69) is 61.2 Å². The molecule has 0 atom stereocenters. The lowest BCUT2D eigenvalue weighted by molar-refractivity contribution is -0.121. The third-order valence-corrected chi connectivity index (χ3v) is 8.50. The lowest BCUT2D eigenvalue weighted by Crippen LogP contribution is -2.40. The summed E-state index contributed by atoms with van der Waals surface area (Å²) < 4.78 is 0.618. The maximum atomic E-state index is 12.5. The molecule has 3 aliphatic rings. The maximum Gasteiger partial charge on any atom is 0.265 e. The molecule has 1 saturated carbocycles. The summed E-state index contributed by atoms with van der Waals surface area (Å²) >= 11 is 6.68. The molecule has 31 heavy (non-hydrogen) atoms. The van der Waals surface area contributed by atoms with Crippen LogP contribution in [0.3, 0.4) is 0 Å². The Bertz CT molecular complexity index is 1100. The number of amides is 1. The van der Waals surface area contributed by atoms with Crippen molar-refractivity contribution in [2.24, 2.45) is 0 Å². The van der Waals surface area contributed by atoms with Crippen molar-refractivity contribution < 1.29 is 4.79 Å². The topological polar surface area (TPSA) is 23.6 Å². The predicted molar refractivity (Wildman–Crippen MR) is 135 cm³/mol. The average molecular weight is 449 g/mol. The van der Waals surface area contributed by atoms with Gasteiger partial charge >= 0.3 is 0 Å². The van der Waals surface area contributed by atoms with Gasteiger partial charge in [-0.25, -0.2) is 0 Å². The summed E-state index contributed by atoms with van der Waals surface area (Å²) in [7, 11) is 1.74. The van der Waals surface area contributed by atoms with E-state index in [1.54, 1.807) is 11.9 Å². The molecule has 2 heterocycles. The summed E-state index contributed by atoms with van der Waals surface area (Å²) in [6.45, 7) is 4.64. The third-order valence-electron chi connectivity index (χ3n) is 7.01. The molecule has 0 aromatic heterocycles. The first-order valence-electron chi connectivity index (χ1n) is 11.1. The van der Waals surface area contributed by atoms with E-state index in [1.807, 2.05) is 6.08 Å². The Balaban J connectivity index is 1.62. The molecular formula is C26H28N2OS2. The zero-order valence-corrected chi connectivity index (χ0v) is 20.0. The summed E-state index contributed by atoms with van der Waals surface area (Å²) in [6, 6.07) is 16.1. The van der Waals surface area contributed by atoms with Crippen molar-refractivity contribution in [3.8, 4) is 0 Å². The number of thiocarbonyl (C=S) groups is 1. The number of para-hydroxylation sites is 1. The first-order chi connectivity index (χ1) is 14.9.